The Balaban J connectivity index is 2.34. The van der Waals surface area contributed by atoms with E-state index in [1.54, 1.807) is 6.07 Å². The molecule has 2 N–H and O–H groups in total. The number of carboxylic acid groups (broad SMARTS) is 1. The van der Waals surface area contributed by atoms with Crippen LogP contribution < -0.4 is 10.1 Å². The fourth-order valence-corrected chi connectivity index (χ4v) is 1.89. The molecule has 7 heteroatoms. The number of hydrogen-bond donors (Lipinski definition) is 2. The van der Waals surface area contributed by atoms with Gasteiger partial charge in [-0.15, -0.1) is 0 Å². The zero-order valence-corrected chi connectivity index (χ0v) is 11.7. The van der Waals surface area contributed by atoms with Gasteiger partial charge in [-0.05, 0) is 30.3 Å². The number of carboxylic acids is 1. The number of benzene rings is 1. The first kappa shape index (κ1) is 14.8. The van der Waals surface area contributed by atoms with Gasteiger partial charge in [0.2, 0.25) is 5.88 Å². The minimum atomic E-state index is -1.19. The Morgan fingerprint density at radius 1 is 1.29 bits per heavy atom. The zero-order valence-electron chi connectivity index (χ0n) is 11.0. The van der Waals surface area contributed by atoms with Gasteiger partial charge < -0.3 is 15.2 Å². The number of halogens is 1. The number of methoxy groups -OCH3 is 1. The number of nitrogens with zero attached hydrogens (tertiary/aromatic N) is 1. The van der Waals surface area contributed by atoms with Crippen molar-refractivity contribution in [1.29, 1.82) is 0 Å². The standard InChI is InChI=1S/C14H11ClN2O4/c1-21-13-9(3-2-6-16-13)12(18)17-11-5-4-8(15)7-10(11)14(19)20/h2-7H,1H3,(H,17,18)(H,19,20). The molecule has 0 saturated heterocycles. The molecule has 1 aromatic carbocycles. The second-order valence-corrected chi connectivity index (χ2v) is 4.45. The molecule has 2 rings (SSSR count). The van der Waals surface area contributed by atoms with E-state index < -0.39 is 11.9 Å². The molecule has 0 saturated carbocycles. The summed E-state index contributed by atoms with van der Waals surface area (Å²) < 4.78 is 4.99. The predicted octanol–water partition coefficient (Wildman–Crippen LogP) is 2.69. The highest BCUT2D eigenvalue weighted by Gasteiger charge is 2.17. The molecule has 0 bridgehead atoms. The first-order chi connectivity index (χ1) is 10.0. The summed E-state index contributed by atoms with van der Waals surface area (Å²) in [5.74, 6) is -1.56. The van der Waals surface area contributed by atoms with Crippen molar-refractivity contribution in [2.75, 3.05) is 12.4 Å². The molecule has 1 aromatic heterocycles. The van der Waals surface area contributed by atoms with E-state index >= 15 is 0 Å². The number of carbonyl (C=O) groups is 2. The lowest BCUT2D eigenvalue weighted by Crippen LogP contribution is -2.16. The van der Waals surface area contributed by atoms with E-state index in [0.29, 0.717) is 0 Å². The van der Waals surface area contributed by atoms with Crippen LogP contribution in [0.25, 0.3) is 0 Å². The third-order valence-electron chi connectivity index (χ3n) is 2.67. The highest BCUT2D eigenvalue weighted by atomic mass is 35.5. The van der Waals surface area contributed by atoms with Crippen molar-refractivity contribution in [3.63, 3.8) is 0 Å². The van der Waals surface area contributed by atoms with Gasteiger partial charge in [-0.1, -0.05) is 11.6 Å². The van der Waals surface area contributed by atoms with Crippen LogP contribution in [0.4, 0.5) is 5.69 Å². The normalized spacial score (nSPS) is 10.0. The molecular weight excluding hydrogens is 296 g/mol. The summed E-state index contributed by atoms with van der Waals surface area (Å²) in [6.07, 6.45) is 1.49. The lowest BCUT2D eigenvalue weighted by molar-refractivity contribution is 0.0698. The number of hydrogen-bond acceptors (Lipinski definition) is 4. The quantitative estimate of drug-likeness (QED) is 0.906. The summed E-state index contributed by atoms with van der Waals surface area (Å²) >= 11 is 5.76. The van der Waals surface area contributed by atoms with Crippen LogP contribution in [-0.4, -0.2) is 29.1 Å². The van der Waals surface area contributed by atoms with Crippen LogP contribution in [0.15, 0.2) is 36.5 Å². The minimum Gasteiger partial charge on any atom is -0.480 e. The first-order valence-electron chi connectivity index (χ1n) is 5.86. The number of amides is 1. The monoisotopic (exact) mass is 306 g/mol. The number of carbonyl (C=O) groups excluding carboxylic acids is 1. The number of rotatable bonds is 4. The van der Waals surface area contributed by atoms with Gasteiger partial charge in [0.25, 0.3) is 5.91 Å². The highest BCUT2D eigenvalue weighted by Crippen LogP contribution is 2.22. The molecule has 6 nitrogen and oxygen atoms in total. The van der Waals surface area contributed by atoms with Crippen molar-refractivity contribution in [3.05, 3.63) is 52.7 Å². The molecule has 0 atom stereocenters. The molecule has 2 aromatic rings. The van der Waals surface area contributed by atoms with E-state index in [4.69, 9.17) is 21.4 Å². The Morgan fingerprint density at radius 3 is 2.71 bits per heavy atom. The third kappa shape index (κ3) is 3.29. The van der Waals surface area contributed by atoms with E-state index in [1.165, 1.54) is 37.6 Å². The van der Waals surface area contributed by atoms with Crippen LogP contribution >= 0.6 is 11.6 Å². The summed E-state index contributed by atoms with van der Waals surface area (Å²) in [6.45, 7) is 0. The largest absolute Gasteiger partial charge is 0.480 e. The van der Waals surface area contributed by atoms with Gasteiger partial charge >= 0.3 is 5.97 Å². The van der Waals surface area contributed by atoms with Gasteiger partial charge in [-0.25, -0.2) is 9.78 Å². The Morgan fingerprint density at radius 2 is 2.05 bits per heavy atom. The molecule has 0 spiro atoms. The van der Waals surface area contributed by atoms with Crippen LogP contribution in [0.5, 0.6) is 5.88 Å². The maximum atomic E-state index is 12.2. The molecule has 0 fully saturated rings. The lowest BCUT2D eigenvalue weighted by Gasteiger charge is -2.10. The number of nitrogens with one attached hydrogen (secondary N) is 1. The van der Waals surface area contributed by atoms with Crippen LogP contribution in [0, 0.1) is 0 Å². The average Bonchev–Trinajstić information content (AvgIpc) is 2.48. The molecule has 1 heterocycles. The van der Waals surface area contributed by atoms with Crippen molar-refractivity contribution in [2.24, 2.45) is 0 Å². The van der Waals surface area contributed by atoms with Crippen molar-refractivity contribution in [3.8, 4) is 5.88 Å². The summed E-state index contributed by atoms with van der Waals surface area (Å²) in [5.41, 5.74) is 0.243. The van der Waals surface area contributed by atoms with E-state index in [2.05, 4.69) is 10.3 Å². The summed E-state index contributed by atoms with van der Waals surface area (Å²) in [6, 6.07) is 7.28. The van der Waals surface area contributed by atoms with E-state index in [0.717, 1.165) is 0 Å². The number of pyridine rings is 1. The van der Waals surface area contributed by atoms with E-state index in [-0.39, 0.29) is 27.7 Å². The van der Waals surface area contributed by atoms with E-state index in [9.17, 15) is 9.59 Å². The van der Waals surface area contributed by atoms with Crippen molar-refractivity contribution in [1.82, 2.24) is 4.98 Å². The Labute approximate surface area is 125 Å². The smallest absolute Gasteiger partial charge is 0.337 e. The molecule has 1 amide bonds. The molecule has 0 unspecified atom stereocenters. The minimum absolute atomic E-state index is 0.0984. The van der Waals surface area contributed by atoms with E-state index in [1.807, 2.05) is 0 Å². The first-order valence-corrected chi connectivity index (χ1v) is 6.24. The molecule has 0 radical (unpaired) electrons. The molecule has 0 aliphatic heterocycles. The number of anilines is 1. The fourth-order valence-electron chi connectivity index (χ4n) is 1.72. The molecular formula is C14H11ClN2O4. The van der Waals surface area contributed by atoms with Gasteiger partial charge in [-0.2, -0.15) is 0 Å². The Hall–Kier alpha value is -2.60. The van der Waals surface area contributed by atoms with Gasteiger partial charge in [-0.3, -0.25) is 4.79 Å². The van der Waals surface area contributed by atoms with Crippen LogP contribution in [0.2, 0.25) is 5.02 Å². The van der Waals surface area contributed by atoms with Crippen LogP contribution in [0.3, 0.4) is 0 Å². The molecule has 0 aliphatic rings. The van der Waals surface area contributed by atoms with Gasteiger partial charge in [0.1, 0.15) is 5.56 Å². The third-order valence-corrected chi connectivity index (χ3v) is 2.90. The Bertz CT molecular complexity index is 703. The van der Waals surface area contributed by atoms with Gasteiger partial charge in [0, 0.05) is 11.2 Å². The van der Waals surface area contributed by atoms with Gasteiger partial charge in [0.15, 0.2) is 0 Å². The van der Waals surface area contributed by atoms with Crippen molar-refractivity contribution in [2.45, 2.75) is 0 Å². The number of ether oxygens (including phenoxy) is 1. The second-order valence-electron chi connectivity index (χ2n) is 4.01. The maximum Gasteiger partial charge on any atom is 0.337 e. The van der Waals surface area contributed by atoms with Crippen LogP contribution in [-0.2, 0) is 0 Å². The topological polar surface area (TPSA) is 88.5 Å². The predicted molar refractivity (Wildman–Crippen MR) is 77.2 cm³/mol. The highest BCUT2D eigenvalue weighted by molar-refractivity contribution is 6.31. The number of aromatic nitrogens is 1. The number of aromatic carboxylic acids is 1. The summed E-state index contributed by atoms with van der Waals surface area (Å²) in [5, 5.41) is 11.9. The van der Waals surface area contributed by atoms with Crippen molar-refractivity contribution >= 4 is 29.2 Å². The maximum absolute atomic E-state index is 12.2. The van der Waals surface area contributed by atoms with Crippen LogP contribution in [0.1, 0.15) is 20.7 Å². The van der Waals surface area contributed by atoms with Gasteiger partial charge in [0.05, 0.1) is 18.4 Å². The molecule has 21 heavy (non-hydrogen) atoms. The SMILES string of the molecule is COc1ncccc1C(=O)Nc1ccc(Cl)cc1C(=O)O. The molecule has 108 valence electrons. The zero-order chi connectivity index (χ0) is 15.4. The lowest BCUT2D eigenvalue weighted by atomic mass is 10.1. The average molecular weight is 307 g/mol. The Kier molecular flexibility index (Phi) is 4.39. The van der Waals surface area contributed by atoms with Crippen molar-refractivity contribution < 1.29 is 19.4 Å². The fraction of sp³-hybridized carbons (Fsp3) is 0.0714. The second kappa shape index (κ2) is 6.23. The molecule has 0 aliphatic carbocycles. The summed E-state index contributed by atoms with van der Waals surface area (Å²) in [7, 11) is 1.39. The summed E-state index contributed by atoms with van der Waals surface area (Å²) in [4.78, 5) is 27.3.